The van der Waals surface area contributed by atoms with E-state index in [9.17, 15) is 19.5 Å². The van der Waals surface area contributed by atoms with E-state index in [2.05, 4.69) is 10.6 Å². The Morgan fingerprint density at radius 1 is 1.12 bits per heavy atom. The van der Waals surface area contributed by atoms with Crippen molar-refractivity contribution < 1.29 is 19.5 Å². The van der Waals surface area contributed by atoms with E-state index in [-0.39, 0.29) is 36.3 Å². The van der Waals surface area contributed by atoms with Crippen LogP contribution in [0.15, 0.2) is 42.5 Å². The van der Waals surface area contributed by atoms with Crippen molar-refractivity contribution in [2.45, 2.75) is 51.7 Å². The molecule has 0 saturated carbocycles. The molecule has 1 fully saturated rings. The lowest BCUT2D eigenvalue weighted by Crippen LogP contribution is -2.54. The molecule has 1 aromatic carbocycles. The van der Waals surface area contributed by atoms with Crippen LogP contribution in [-0.4, -0.2) is 59.5 Å². The average molecular weight is 442 g/mol. The first-order valence-corrected chi connectivity index (χ1v) is 11.5. The summed E-state index contributed by atoms with van der Waals surface area (Å²) in [5.41, 5.74) is 0.974. The van der Waals surface area contributed by atoms with Gasteiger partial charge in [0.25, 0.3) is 0 Å². The van der Waals surface area contributed by atoms with Crippen molar-refractivity contribution in [1.29, 1.82) is 0 Å². The number of allylic oxidation sites excluding steroid dienone is 1. The normalized spacial score (nSPS) is 27.9. The third kappa shape index (κ3) is 4.58. The number of nitrogens with one attached hydrogen (secondary N) is 2. The van der Waals surface area contributed by atoms with Crippen LogP contribution in [0.4, 0.5) is 0 Å². The Hall–Kier alpha value is -2.67. The Kier molecular flexibility index (Phi) is 7.72. The van der Waals surface area contributed by atoms with Gasteiger partial charge >= 0.3 is 0 Å². The SMILES string of the molecule is CC[C@@H]1C=C[C@H]2[C@@H](C(=O)N([C@@H](CO)Cc3ccccc3)[C@@H]2C(=O)NC(C)C)[C@@H]1C(=O)NC. The summed E-state index contributed by atoms with van der Waals surface area (Å²) in [5.74, 6) is -2.32. The Morgan fingerprint density at radius 3 is 2.38 bits per heavy atom. The molecule has 1 aliphatic carbocycles. The van der Waals surface area contributed by atoms with Crippen molar-refractivity contribution >= 4 is 17.7 Å². The molecule has 0 spiro atoms. The number of aliphatic hydroxyl groups excluding tert-OH is 1. The molecule has 3 amide bonds. The fraction of sp³-hybridized carbons (Fsp3) is 0.560. The van der Waals surface area contributed by atoms with Crippen LogP contribution >= 0.6 is 0 Å². The van der Waals surface area contributed by atoms with Crippen LogP contribution in [0, 0.1) is 23.7 Å². The number of carbonyl (C=O) groups excluding carboxylic acids is 3. The molecule has 1 aliphatic heterocycles. The van der Waals surface area contributed by atoms with Gasteiger partial charge in [-0.2, -0.15) is 0 Å². The second-order valence-electron chi connectivity index (χ2n) is 9.08. The summed E-state index contributed by atoms with van der Waals surface area (Å²) < 4.78 is 0. The summed E-state index contributed by atoms with van der Waals surface area (Å²) in [6.45, 7) is 5.48. The van der Waals surface area contributed by atoms with E-state index in [0.717, 1.165) is 12.0 Å². The van der Waals surface area contributed by atoms with E-state index in [1.807, 2.05) is 63.3 Å². The molecule has 6 atom stereocenters. The van der Waals surface area contributed by atoms with Gasteiger partial charge in [-0.05, 0) is 38.2 Å². The Morgan fingerprint density at radius 2 is 1.81 bits per heavy atom. The number of hydrogen-bond acceptors (Lipinski definition) is 4. The van der Waals surface area contributed by atoms with Crippen LogP contribution < -0.4 is 10.6 Å². The highest BCUT2D eigenvalue weighted by molar-refractivity contribution is 5.97. The van der Waals surface area contributed by atoms with Crippen molar-refractivity contribution in [3.8, 4) is 0 Å². The quantitative estimate of drug-likeness (QED) is 0.533. The maximum absolute atomic E-state index is 13.8. The highest BCUT2D eigenvalue weighted by Gasteiger charge is 2.58. The minimum Gasteiger partial charge on any atom is -0.394 e. The average Bonchev–Trinajstić information content (AvgIpc) is 3.08. The molecule has 7 nitrogen and oxygen atoms in total. The van der Waals surface area contributed by atoms with E-state index in [1.54, 1.807) is 11.9 Å². The minimum absolute atomic E-state index is 0.0735. The molecule has 3 rings (SSSR count). The molecule has 3 N–H and O–H groups in total. The van der Waals surface area contributed by atoms with Crippen molar-refractivity contribution in [3.05, 3.63) is 48.0 Å². The highest BCUT2D eigenvalue weighted by atomic mass is 16.3. The first kappa shape index (κ1) is 24.0. The molecule has 0 aromatic heterocycles. The van der Waals surface area contributed by atoms with Gasteiger partial charge in [-0.3, -0.25) is 14.4 Å². The van der Waals surface area contributed by atoms with E-state index in [1.165, 1.54) is 0 Å². The summed E-state index contributed by atoms with van der Waals surface area (Å²) >= 11 is 0. The van der Waals surface area contributed by atoms with Crippen LogP contribution in [0.1, 0.15) is 32.8 Å². The number of nitrogens with zero attached hydrogens (tertiary/aromatic N) is 1. The second kappa shape index (κ2) is 10.3. The monoisotopic (exact) mass is 441 g/mol. The highest BCUT2D eigenvalue weighted by Crippen LogP contribution is 2.45. The lowest BCUT2D eigenvalue weighted by Gasteiger charge is -2.34. The van der Waals surface area contributed by atoms with Gasteiger partial charge in [0.1, 0.15) is 6.04 Å². The molecule has 0 bridgehead atoms. The van der Waals surface area contributed by atoms with Gasteiger partial charge in [-0.1, -0.05) is 49.4 Å². The molecule has 32 heavy (non-hydrogen) atoms. The van der Waals surface area contributed by atoms with Gasteiger partial charge < -0.3 is 20.6 Å². The fourth-order valence-electron chi connectivity index (χ4n) is 5.26. The zero-order valence-electron chi connectivity index (χ0n) is 19.3. The standard InChI is InChI=1S/C25H35N3O4/c1-5-17-11-12-19-21(20(17)23(30)26-4)25(32)28(22(19)24(31)27-15(2)3)18(14-29)13-16-9-7-6-8-10-16/h6-12,15,17-22,29H,5,13-14H2,1-4H3,(H,26,30)(H,27,31)/t17-,18-,19+,20-,21-,22+/m1/s1. The van der Waals surface area contributed by atoms with Crippen LogP contribution in [0.5, 0.6) is 0 Å². The molecule has 1 saturated heterocycles. The number of rotatable bonds is 8. The first-order valence-electron chi connectivity index (χ1n) is 11.5. The zero-order chi connectivity index (χ0) is 23.4. The number of benzene rings is 1. The number of fused-ring (bicyclic) bond motifs is 1. The minimum atomic E-state index is -0.767. The summed E-state index contributed by atoms with van der Waals surface area (Å²) in [5, 5.41) is 15.9. The van der Waals surface area contributed by atoms with Gasteiger partial charge in [0, 0.05) is 19.0 Å². The lowest BCUT2D eigenvalue weighted by atomic mass is 9.69. The maximum atomic E-state index is 13.8. The molecule has 0 unspecified atom stereocenters. The Bertz CT molecular complexity index is 854. The van der Waals surface area contributed by atoms with Crippen LogP contribution in [0.2, 0.25) is 0 Å². The number of likely N-dealkylation sites (tertiary alicyclic amines) is 1. The van der Waals surface area contributed by atoms with E-state index >= 15 is 0 Å². The fourth-order valence-corrected chi connectivity index (χ4v) is 5.26. The third-order valence-corrected chi connectivity index (χ3v) is 6.69. The van der Waals surface area contributed by atoms with Gasteiger partial charge in [0.05, 0.1) is 24.5 Å². The van der Waals surface area contributed by atoms with Crippen LogP contribution in [0.25, 0.3) is 0 Å². The third-order valence-electron chi connectivity index (χ3n) is 6.69. The van der Waals surface area contributed by atoms with Crippen molar-refractivity contribution in [2.24, 2.45) is 23.7 Å². The van der Waals surface area contributed by atoms with Gasteiger partial charge in [-0.25, -0.2) is 0 Å². The van der Waals surface area contributed by atoms with Gasteiger partial charge in [0.15, 0.2) is 0 Å². The molecular formula is C25H35N3O4. The van der Waals surface area contributed by atoms with E-state index in [0.29, 0.717) is 6.42 Å². The summed E-state index contributed by atoms with van der Waals surface area (Å²) in [7, 11) is 1.58. The summed E-state index contributed by atoms with van der Waals surface area (Å²) in [4.78, 5) is 41.6. The number of carbonyl (C=O) groups is 3. The molecule has 0 radical (unpaired) electrons. The maximum Gasteiger partial charge on any atom is 0.243 e. The van der Waals surface area contributed by atoms with Crippen LogP contribution in [-0.2, 0) is 20.8 Å². The zero-order valence-corrected chi connectivity index (χ0v) is 19.3. The number of aliphatic hydroxyl groups is 1. The predicted molar refractivity (Wildman–Crippen MR) is 122 cm³/mol. The molecule has 7 heteroatoms. The topological polar surface area (TPSA) is 98.7 Å². The van der Waals surface area contributed by atoms with Crippen LogP contribution in [0.3, 0.4) is 0 Å². The Balaban J connectivity index is 2.04. The van der Waals surface area contributed by atoms with Crippen molar-refractivity contribution in [1.82, 2.24) is 15.5 Å². The van der Waals surface area contributed by atoms with Crippen molar-refractivity contribution in [3.63, 3.8) is 0 Å². The summed E-state index contributed by atoms with van der Waals surface area (Å²) in [6, 6.07) is 8.21. The van der Waals surface area contributed by atoms with Crippen molar-refractivity contribution in [2.75, 3.05) is 13.7 Å². The molecular weight excluding hydrogens is 406 g/mol. The predicted octanol–water partition coefficient (Wildman–Crippen LogP) is 1.52. The smallest absolute Gasteiger partial charge is 0.243 e. The van der Waals surface area contributed by atoms with Gasteiger partial charge in [0.2, 0.25) is 17.7 Å². The molecule has 174 valence electrons. The molecule has 2 aliphatic rings. The number of amides is 3. The first-order chi connectivity index (χ1) is 15.3. The molecule has 1 heterocycles. The van der Waals surface area contributed by atoms with Gasteiger partial charge in [-0.15, -0.1) is 0 Å². The Labute approximate surface area is 190 Å². The molecule has 1 aromatic rings. The number of hydrogen-bond donors (Lipinski definition) is 3. The van der Waals surface area contributed by atoms with E-state index in [4.69, 9.17) is 0 Å². The largest absolute Gasteiger partial charge is 0.394 e. The lowest BCUT2D eigenvalue weighted by molar-refractivity contribution is -0.143. The summed E-state index contributed by atoms with van der Waals surface area (Å²) in [6.07, 6.45) is 5.08. The van der Waals surface area contributed by atoms with E-state index < -0.39 is 29.8 Å². The second-order valence-corrected chi connectivity index (χ2v) is 9.08.